The fourth-order valence-corrected chi connectivity index (χ4v) is 1.11. The van der Waals surface area contributed by atoms with Gasteiger partial charge in [0.1, 0.15) is 0 Å². The molecule has 0 saturated heterocycles. The van der Waals surface area contributed by atoms with Crippen LogP contribution in [-0.4, -0.2) is 5.21 Å². The third-order valence-electron chi connectivity index (χ3n) is 1.78. The number of allylic oxidation sites excluding steroid dienone is 3. The summed E-state index contributed by atoms with van der Waals surface area (Å²) in [5.74, 6) is 0. The zero-order valence-electron chi connectivity index (χ0n) is 6.51. The molecule has 0 amide bonds. The molecule has 0 aromatic rings. The van der Waals surface area contributed by atoms with E-state index in [0.29, 0.717) is 0 Å². The minimum Gasteiger partial charge on any atom is -0.402 e. The van der Waals surface area contributed by atoms with E-state index in [1.54, 1.807) is 0 Å². The standard InChI is InChI=1S/C8H14N2O/c9-7-3-1-2-4-8(10-11)6-5-7/h3,6,10-11H,1-2,4-5,9H2/b7-3-,8-6+. The van der Waals surface area contributed by atoms with Gasteiger partial charge < -0.3 is 5.73 Å². The number of nitrogens with one attached hydrogen (secondary N) is 1. The van der Waals surface area contributed by atoms with Crippen molar-refractivity contribution in [2.45, 2.75) is 25.7 Å². The van der Waals surface area contributed by atoms with Crippen molar-refractivity contribution in [1.82, 2.24) is 5.48 Å². The molecule has 0 unspecified atom stereocenters. The summed E-state index contributed by atoms with van der Waals surface area (Å²) in [6.07, 6.45) is 7.66. The molecule has 0 saturated carbocycles. The molecule has 1 aliphatic rings. The Bertz CT molecular complexity index is 185. The van der Waals surface area contributed by atoms with Gasteiger partial charge in [0.05, 0.1) is 0 Å². The van der Waals surface area contributed by atoms with E-state index in [1.165, 1.54) is 0 Å². The van der Waals surface area contributed by atoms with Crippen molar-refractivity contribution in [3.63, 3.8) is 0 Å². The highest BCUT2D eigenvalue weighted by Crippen LogP contribution is 2.11. The van der Waals surface area contributed by atoms with Gasteiger partial charge in [-0.05, 0) is 19.3 Å². The largest absolute Gasteiger partial charge is 0.402 e. The van der Waals surface area contributed by atoms with Gasteiger partial charge in [-0.15, -0.1) is 0 Å². The summed E-state index contributed by atoms with van der Waals surface area (Å²) < 4.78 is 0. The first-order valence-electron chi connectivity index (χ1n) is 3.86. The van der Waals surface area contributed by atoms with Crippen molar-refractivity contribution < 1.29 is 5.21 Å². The van der Waals surface area contributed by atoms with E-state index in [1.807, 2.05) is 12.2 Å². The Morgan fingerprint density at radius 1 is 1.45 bits per heavy atom. The van der Waals surface area contributed by atoms with Crippen LogP contribution in [0.25, 0.3) is 0 Å². The second-order valence-electron chi connectivity index (χ2n) is 2.72. The number of hydrogen-bond donors (Lipinski definition) is 3. The highest BCUT2D eigenvalue weighted by molar-refractivity contribution is 5.10. The van der Waals surface area contributed by atoms with E-state index in [9.17, 15) is 0 Å². The first-order valence-corrected chi connectivity index (χ1v) is 3.86. The molecule has 1 rings (SSSR count). The van der Waals surface area contributed by atoms with Gasteiger partial charge in [-0.3, -0.25) is 10.7 Å². The Labute approximate surface area is 66.5 Å². The molecule has 0 aromatic heterocycles. The van der Waals surface area contributed by atoms with Gasteiger partial charge in [-0.2, -0.15) is 0 Å². The quantitative estimate of drug-likeness (QED) is 0.498. The summed E-state index contributed by atoms with van der Waals surface area (Å²) in [6.45, 7) is 0. The van der Waals surface area contributed by atoms with Crippen molar-refractivity contribution in [3.05, 3.63) is 23.5 Å². The minimum absolute atomic E-state index is 0.739. The highest BCUT2D eigenvalue weighted by atomic mass is 16.5. The molecule has 0 fully saturated rings. The highest BCUT2D eigenvalue weighted by Gasteiger charge is 1.99. The summed E-state index contributed by atoms with van der Waals surface area (Å²) in [7, 11) is 0. The zero-order valence-corrected chi connectivity index (χ0v) is 6.51. The molecule has 1 aliphatic carbocycles. The molecule has 62 valence electrons. The molecule has 0 radical (unpaired) electrons. The van der Waals surface area contributed by atoms with Crippen molar-refractivity contribution >= 4 is 0 Å². The minimum atomic E-state index is 0.739. The van der Waals surface area contributed by atoms with Crippen LogP contribution < -0.4 is 11.2 Å². The van der Waals surface area contributed by atoms with Crippen molar-refractivity contribution in [1.29, 1.82) is 0 Å². The molecule has 0 spiro atoms. The first-order chi connectivity index (χ1) is 5.33. The molecule has 3 heteroatoms. The Morgan fingerprint density at radius 2 is 2.27 bits per heavy atom. The molecule has 3 nitrogen and oxygen atoms in total. The first kappa shape index (κ1) is 8.14. The molecule has 0 bridgehead atoms. The van der Waals surface area contributed by atoms with Crippen molar-refractivity contribution in [3.8, 4) is 0 Å². The Hall–Kier alpha value is -0.960. The van der Waals surface area contributed by atoms with Crippen molar-refractivity contribution in [2.75, 3.05) is 0 Å². The molecule has 0 heterocycles. The summed E-state index contributed by atoms with van der Waals surface area (Å²) >= 11 is 0. The Balaban J connectivity index is 2.55. The number of rotatable bonds is 1. The topological polar surface area (TPSA) is 58.3 Å². The monoisotopic (exact) mass is 154 g/mol. The third kappa shape index (κ3) is 2.63. The van der Waals surface area contributed by atoms with Gasteiger partial charge in [0, 0.05) is 17.8 Å². The summed E-state index contributed by atoms with van der Waals surface area (Å²) in [6, 6.07) is 0. The summed E-state index contributed by atoms with van der Waals surface area (Å²) in [4.78, 5) is 0. The predicted molar refractivity (Wildman–Crippen MR) is 43.7 cm³/mol. The number of nitrogens with two attached hydrogens (primary N) is 1. The lowest BCUT2D eigenvalue weighted by Crippen LogP contribution is -2.09. The van der Waals surface area contributed by atoms with Crippen LogP contribution in [0.1, 0.15) is 25.7 Å². The zero-order chi connectivity index (χ0) is 8.10. The van der Waals surface area contributed by atoms with Crippen LogP contribution in [0.5, 0.6) is 0 Å². The maximum absolute atomic E-state index is 8.62. The number of hydroxylamine groups is 1. The summed E-state index contributed by atoms with van der Waals surface area (Å²) in [5.41, 5.74) is 9.56. The normalized spacial score (nSPS) is 28.8. The van der Waals surface area contributed by atoms with Crippen LogP contribution in [-0.2, 0) is 0 Å². The van der Waals surface area contributed by atoms with Gasteiger partial charge in [-0.25, -0.2) is 0 Å². The molecule has 0 atom stereocenters. The Morgan fingerprint density at radius 3 is 3.00 bits per heavy atom. The lowest BCUT2D eigenvalue weighted by molar-refractivity contribution is 0.195. The molecule has 0 aromatic carbocycles. The number of hydrogen-bond acceptors (Lipinski definition) is 3. The smallest absolute Gasteiger partial charge is 0.0340 e. The van der Waals surface area contributed by atoms with Gasteiger partial charge in [0.15, 0.2) is 0 Å². The van der Waals surface area contributed by atoms with E-state index in [-0.39, 0.29) is 0 Å². The van der Waals surface area contributed by atoms with E-state index >= 15 is 0 Å². The van der Waals surface area contributed by atoms with Crippen LogP contribution in [0.4, 0.5) is 0 Å². The predicted octanol–water partition coefficient (Wildman–Crippen LogP) is 1.27. The molecule has 11 heavy (non-hydrogen) atoms. The van der Waals surface area contributed by atoms with Gasteiger partial charge in [0.2, 0.25) is 0 Å². The fraction of sp³-hybridized carbons (Fsp3) is 0.500. The average Bonchev–Trinajstić information content (AvgIpc) is 1.98. The SMILES string of the molecule is N/C1=C\CCC/C(NO)=C\C1. The van der Waals surface area contributed by atoms with E-state index < -0.39 is 0 Å². The van der Waals surface area contributed by atoms with Crippen LogP contribution in [0, 0.1) is 0 Å². The van der Waals surface area contributed by atoms with Crippen LogP contribution in [0.15, 0.2) is 23.5 Å². The van der Waals surface area contributed by atoms with Gasteiger partial charge in [-0.1, -0.05) is 12.2 Å². The lowest BCUT2D eigenvalue weighted by Gasteiger charge is -2.08. The van der Waals surface area contributed by atoms with Crippen molar-refractivity contribution in [2.24, 2.45) is 5.73 Å². The van der Waals surface area contributed by atoms with Crippen LogP contribution in [0.3, 0.4) is 0 Å². The van der Waals surface area contributed by atoms with Gasteiger partial charge >= 0.3 is 0 Å². The van der Waals surface area contributed by atoms with Crippen LogP contribution >= 0.6 is 0 Å². The maximum atomic E-state index is 8.62. The Kier molecular flexibility index (Phi) is 2.98. The van der Waals surface area contributed by atoms with E-state index in [0.717, 1.165) is 37.1 Å². The molecular weight excluding hydrogens is 140 g/mol. The van der Waals surface area contributed by atoms with E-state index in [4.69, 9.17) is 10.9 Å². The summed E-state index contributed by atoms with van der Waals surface area (Å²) in [5, 5.41) is 8.62. The molecular formula is C8H14N2O. The van der Waals surface area contributed by atoms with Gasteiger partial charge in [0.25, 0.3) is 0 Å². The molecule has 4 N–H and O–H groups in total. The molecule has 0 aliphatic heterocycles. The maximum Gasteiger partial charge on any atom is 0.0340 e. The lowest BCUT2D eigenvalue weighted by atomic mass is 10.1. The third-order valence-corrected chi connectivity index (χ3v) is 1.78. The van der Waals surface area contributed by atoms with Crippen LogP contribution in [0.2, 0.25) is 0 Å². The second-order valence-corrected chi connectivity index (χ2v) is 2.72. The van der Waals surface area contributed by atoms with E-state index in [2.05, 4.69) is 5.48 Å². The fourth-order valence-electron chi connectivity index (χ4n) is 1.11. The average molecular weight is 154 g/mol. The second kappa shape index (κ2) is 4.03.